The molecule has 0 saturated carbocycles. The van der Waals surface area contributed by atoms with Gasteiger partial charge in [0.1, 0.15) is 0 Å². The number of rotatable bonds is 7. The molecule has 1 aromatic rings. The lowest BCUT2D eigenvalue weighted by Gasteiger charge is -2.35. The standard InChI is InChI=1S/C21H33N3O2.ClH/c1-4-15(3)19(22)20(25)23-17-11-13-24(14-12-17)21(26)18(5-2)16-9-7-6-8-10-16;/h6-10,15,17-19H,4-5,11-14,22H2,1-3H3,(H,23,25);1H. The number of nitrogens with one attached hydrogen (secondary N) is 1. The minimum atomic E-state index is -0.456. The Morgan fingerprint density at radius 1 is 1.15 bits per heavy atom. The molecule has 0 radical (unpaired) electrons. The van der Waals surface area contributed by atoms with Crippen LogP contribution in [0.15, 0.2) is 30.3 Å². The molecule has 1 saturated heterocycles. The fourth-order valence-electron chi connectivity index (χ4n) is 3.51. The number of nitrogens with zero attached hydrogens (tertiary/aromatic N) is 1. The van der Waals surface area contributed by atoms with Crippen molar-refractivity contribution in [3.63, 3.8) is 0 Å². The average Bonchev–Trinajstić information content (AvgIpc) is 2.68. The molecule has 152 valence electrons. The lowest BCUT2D eigenvalue weighted by molar-refractivity contribution is -0.134. The summed E-state index contributed by atoms with van der Waals surface area (Å²) in [6, 6.07) is 9.63. The van der Waals surface area contributed by atoms with Gasteiger partial charge in [0.2, 0.25) is 11.8 Å². The maximum absolute atomic E-state index is 12.9. The van der Waals surface area contributed by atoms with Crippen molar-refractivity contribution in [1.82, 2.24) is 10.2 Å². The Hall–Kier alpha value is -1.59. The quantitative estimate of drug-likeness (QED) is 0.744. The van der Waals surface area contributed by atoms with E-state index in [-0.39, 0.29) is 42.1 Å². The van der Waals surface area contributed by atoms with Crippen LogP contribution in [0.3, 0.4) is 0 Å². The highest BCUT2D eigenvalue weighted by atomic mass is 35.5. The maximum Gasteiger partial charge on any atom is 0.237 e. The Labute approximate surface area is 169 Å². The summed E-state index contributed by atoms with van der Waals surface area (Å²) in [5.41, 5.74) is 7.09. The van der Waals surface area contributed by atoms with Crippen LogP contribution in [-0.2, 0) is 9.59 Å². The molecule has 2 amide bonds. The van der Waals surface area contributed by atoms with E-state index in [0.29, 0.717) is 13.1 Å². The summed E-state index contributed by atoms with van der Waals surface area (Å²) in [6.45, 7) is 7.47. The van der Waals surface area contributed by atoms with Crippen LogP contribution in [0.4, 0.5) is 0 Å². The van der Waals surface area contributed by atoms with Gasteiger partial charge in [-0.25, -0.2) is 0 Å². The minimum absolute atomic E-state index is 0. The van der Waals surface area contributed by atoms with Gasteiger partial charge in [0.25, 0.3) is 0 Å². The van der Waals surface area contributed by atoms with Crippen molar-refractivity contribution >= 4 is 24.2 Å². The highest BCUT2D eigenvalue weighted by molar-refractivity contribution is 5.85. The molecule has 6 heteroatoms. The number of likely N-dealkylation sites (tertiary alicyclic amines) is 1. The zero-order valence-electron chi connectivity index (χ0n) is 16.7. The number of amides is 2. The van der Waals surface area contributed by atoms with Gasteiger partial charge in [-0.2, -0.15) is 0 Å². The number of carbonyl (C=O) groups is 2. The topological polar surface area (TPSA) is 75.4 Å². The SMILES string of the molecule is CCC(C(=O)N1CCC(NC(=O)C(N)C(C)CC)CC1)c1ccccc1.Cl. The van der Waals surface area contributed by atoms with E-state index in [0.717, 1.165) is 31.2 Å². The van der Waals surface area contributed by atoms with Crippen LogP contribution < -0.4 is 11.1 Å². The van der Waals surface area contributed by atoms with E-state index in [4.69, 9.17) is 5.73 Å². The normalized spacial score (nSPS) is 18.1. The molecule has 1 aliphatic rings. The number of nitrogens with two attached hydrogens (primary N) is 1. The second-order valence-electron chi connectivity index (χ2n) is 7.39. The van der Waals surface area contributed by atoms with Crippen LogP contribution in [0, 0.1) is 5.92 Å². The zero-order chi connectivity index (χ0) is 19.1. The Bertz CT molecular complexity index is 588. The minimum Gasteiger partial charge on any atom is -0.352 e. The molecule has 3 N–H and O–H groups in total. The summed E-state index contributed by atoms with van der Waals surface area (Å²) in [6.07, 6.45) is 3.26. The number of hydrogen-bond acceptors (Lipinski definition) is 3. The van der Waals surface area contributed by atoms with Crippen molar-refractivity contribution in [3.05, 3.63) is 35.9 Å². The second-order valence-corrected chi connectivity index (χ2v) is 7.39. The summed E-state index contributed by atoms with van der Waals surface area (Å²) in [4.78, 5) is 27.1. The molecule has 1 fully saturated rings. The van der Waals surface area contributed by atoms with E-state index in [9.17, 15) is 9.59 Å². The van der Waals surface area contributed by atoms with Crippen molar-refractivity contribution in [1.29, 1.82) is 0 Å². The number of carbonyl (C=O) groups excluding carboxylic acids is 2. The Morgan fingerprint density at radius 3 is 2.26 bits per heavy atom. The lowest BCUT2D eigenvalue weighted by Crippen LogP contribution is -2.52. The maximum atomic E-state index is 12.9. The van der Waals surface area contributed by atoms with Crippen LogP contribution >= 0.6 is 12.4 Å². The van der Waals surface area contributed by atoms with Gasteiger partial charge >= 0.3 is 0 Å². The van der Waals surface area contributed by atoms with E-state index in [1.54, 1.807) is 0 Å². The largest absolute Gasteiger partial charge is 0.352 e. The summed E-state index contributed by atoms with van der Waals surface area (Å²) in [5, 5.41) is 3.07. The zero-order valence-corrected chi connectivity index (χ0v) is 17.5. The molecule has 27 heavy (non-hydrogen) atoms. The van der Waals surface area contributed by atoms with Gasteiger partial charge < -0.3 is 16.0 Å². The predicted molar refractivity (Wildman–Crippen MR) is 112 cm³/mol. The first-order valence-electron chi connectivity index (χ1n) is 9.87. The molecule has 0 spiro atoms. The Kier molecular flexibility index (Phi) is 9.81. The van der Waals surface area contributed by atoms with E-state index >= 15 is 0 Å². The van der Waals surface area contributed by atoms with Gasteiger partial charge in [-0.3, -0.25) is 9.59 Å². The van der Waals surface area contributed by atoms with Gasteiger partial charge in [-0.1, -0.05) is 57.5 Å². The lowest BCUT2D eigenvalue weighted by atomic mass is 9.93. The van der Waals surface area contributed by atoms with Gasteiger partial charge in [-0.05, 0) is 30.7 Å². The fraction of sp³-hybridized carbons (Fsp3) is 0.619. The third-order valence-corrected chi connectivity index (χ3v) is 5.62. The molecule has 0 aliphatic carbocycles. The molecule has 3 unspecified atom stereocenters. The van der Waals surface area contributed by atoms with Gasteiger partial charge in [0.05, 0.1) is 12.0 Å². The van der Waals surface area contributed by atoms with Crippen molar-refractivity contribution in [3.8, 4) is 0 Å². The summed E-state index contributed by atoms with van der Waals surface area (Å²) < 4.78 is 0. The number of piperidine rings is 1. The van der Waals surface area contributed by atoms with Crippen molar-refractivity contribution < 1.29 is 9.59 Å². The third-order valence-electron chi connectivity index (χ3n) is 5.62. The molecule has 1 heterocycles. The summed E-state index contributed by atoms with van der Waals surface area (Å²) in [5.74, 6) is 0.216. The highest BCUT2D eigenvalue weighted by Gasteiger charge is 2.30. The van der Waals surface area contributed by atoms with E-state index < -0.39 is 6.04 Å². The fourth-order valence-corrected chi connectivity index (χ4v) is 3.51. The molecule has 3 atom stereocenters. The van der Waals surface area contributed by atoms with E-state index in [2.05, 4.69) is 12.2 Å². The van der Waals surface area contributed by atoms with Gasteiger partial charge in [-0.15, -0.1) is 12.4 Å². The molecular weight excluding hydrogens is 362 g/mol. The Balaban J connectivity index is 0.00000364. The highest BCUT2D eigenvalue weighted by Crippen LogP contribution is 2.24. The second kappa shape index (κ2) is 11.3. The first-order chi connectivity index (χ1) is 12.5. The van der Waals surface area contributed by atoms with Crippen LogP contribution in [-0.4, -0.2) is 41.9 Å². The molecule has 1 aliphatic heterocycles. The number of benzene rings is 1. The average molecular weight is 396 g/mol. The predicted octanol–water partition coefficient (Wildman–Crippen LogP) is 3.08. The van der Waals surface area contributed by atoms with Gasteiger partial charge in [0.15, 0.2) is 0 Å². The van der Waals surface area contributed by atoms with Crippen LogP contribution in [0.2, 0.25) is 0 Å². The van der Waals surface area contributed by atoms with Crippen LogP contribution in [0.5, 0.6) is 0 Å². The van der Waals surface area contributed by atoms with Crippen molar-refractivity contribution in [2.45, 2.75) is 64.5 Å². The summed E-state index contributed by atoms with van der Waals surface area (Å²) in [7, 11) is 0. The monoisotopic (exact) mass is 395 g/mol. The molecule has 2 rings (SSSR count). The summed E-state index contributed by atoms with van der Waals surface area (Å²) >= 11 is 0. The van der Waals surface area contributed by atoms with Crippen LogP contribution in [0.1, 0.15) is 57.9 Å². The molecular formula is C21H34ClN3O2. The van der Waals surface area contributed by atoms with Crippen molar-refractivity contribution in [2.24, 2.45) is 11.7 Å². The smallest absolute Gasteiger partial charge is 0.237 e. The number of hydrogen-bond donors (Lipinski definition) is 2. The van der Waals surface area contributed by atoms with Crippen molar-refractivity contribution in [2.75, 3.05) is 13.1 Å². The molecule has 0 aromatic heterocycles. The first-order valence-corrected chi connectivity index (χ1v) is 9.87. The van der Waals surface area contributed by atoms with E-state index in [1.165, 1.54) is 0 Å². The Morgan fingerprint density at radius 2 is 1.74 bits per heavy atom. The van der Waals surface area contributed by atoms with Crippen LogP contribution in [0.25, 0.3) is 0 Å². The first kappa shape index (κ1) is 23.4. The molecule has 0 bridgehead atoms. The molecule has 5 nitrogen and oxygen atoms in total. The third kappa shape index (κ3) is 6.22. The van der Waals surface area contributed by atoms with E-state index in [1.807, 2.05) is 49.1 Å². The van der Waals surface area contributed by atoms with Gasteiger partial charge in [0, 0.05) is 19.1 Å². The number of halogens is 1. The molecule has 1 aromatic carbocycles.